The predicted octanol–water partition coefficient (Wildman–Crippen LogP) is 2.75. The number of aryl methyl sites for hydroxylation is 2. The average molecular weight is 344 g/mol. The van der Waals surface area contributed by atoms with Crippen LogP contribution in [0.5, 0.6) is 0 Å². The summed E-state index contributed by atoms with van der Waals surface area (Å²) in [6, 6.07) is 5.58. The maximum Gasteiger partial charge on any atom is 0.282 e. The minimum Gasteiger partial charge on any atom is -0.292 e. The molecule has 0 spiro atoms. The molecule has 8 heteroatoms. The highest BCUT2D eigenvalue weighted by Crippen LogP contribution is 2.31. The van der Waals surface area contributed by atoms with Crippen LogP contribution in [0.15, 0.2) is 24.3 Å². The zero-order chi connectivity index (χ0) is 17.6. The minimum absolute atomic E-state index is 0.0415. The van der Waals surface area contributed by atoms with Crippen molar-refractivity contribution in [1.82, 2.24) is 4.90 Å². The number of ketones is 1. The molecule has 2 heterocycles. The van der Waals surface area contributed by atoms with Gasteiger partial charge in [0.1, 0.15) is 5.56 Å². The van der Waals surface area contributed by atoms with Crippen molar-refractivity contribution in [2.75, 3.05) is 6.54 Å². The van der Waals surface area contributed by atoms with Gasteiger partial charge in [0.2, 0.25) is 0 Å². The van der Waals surface area contributed by atoms with Crippen LogP contribution < -0.4 is 0 Å². The van der Waals surface area contributed by atoms with E-state index in [1.54, 1.807) is 13.0 Å². The summed E-state index contributed by atoms with van der Waals surface area (Å²) >= 11 is 1.45. The van der Waals surface area contributed by atoms with Gasteiger partial charge in [0.25, 0.3) is 17.5 Å². The number of nitrogens with zero attached hydrogens (tertiary/aromatic N) is 2. The molecular weight excluding hydrogens is 332 g/mol. The summed E-state index contributed by atoms with van der Waals surface area (Å²) in [4.78, 5) is 50.1. The zero-order valence-corrected chi connectivity index (χ0v) is 13.7. The Balaban J connectivity index is 1.94. The third-order valence-corrected chi connectivity index (χ3v) is 4.78. The van der Waals surface area contributed by atoms with Crippen molar-refractivity contribution < 1.29 is 19.3 Å². The van der Waals surface area contributed by atoms with Crippen LogP contribution in [0, 0.1) is 24.0 Å². The fraction of sp³-hybridized carbons (Fsp3) is 0.188. The predicted molar refractivity (Wildman–Crippen MR) is 86.6 cm³/mol. The lowest BCUT2D eigenvalue weighted by Crippen LogP contribution is -2.35. The van der Waals surface area contributed by atoms with Gasteiger partial charge in [-0.25, -0.2) is 0 Å². The molecule has 7 nitrogen and oxygen atoms in total. The van der Waals surface area contributed by atoms with E-state index in [2.05, 4.69) is 0 Å². The Labute approximate surface area is 140 Å². The van der Waals surface area contributed by atoms with Crippen LogP contribution in [0.3, 0.4) is 0 Å². The van der Waals surface area contributed by atoms with Gasteiger partial charge in [-0.05, 0) is 26.0 Å². The molecule has 0 radical (unpaired) electrons. The van der Waals surface area contributed by atoms with E-state index in [9.17, 15) is 24.5 Å². The number of Topliss-reactive ketones (excluding diaryl/α,β-unsaturated/α-hetero) is 1. The SMILES string of the molecule is Cc1cc(C(=O)CN2C(=O)c3cccc([N+](=O)[O-])c3C2=O)c(C)s1. The Morgan fingerprint density at radius 2 is 1.96 bits per heavy atom. The van der Waals surface area contributed by atoms with Crippen LogP contribution in [0.2, 0.25) is 0 Å². The Bertz CT molecular complexity index is 915. The van der Waals surface area contributed by atoms with Gasteiger partial charge in [-0.15, -0.1) is 11.3 Å². The third kappa shape index (κ3) is 2.41. The number of thiophene rings is 1. The van der Waals surface area contributed by atoms with Crippen LogP contribution in [-0.2, 0) is 0 Å². The Hall–Kier alpha value is -2.87. The van der Waals surface area contributed by atoms with Crippen LogP contribution >= 0.6 is 11.3 Å². The molecule has 1 aromatic carbocycles. The molecule has 24 heavy (non-hydrogen) atoms. The van der Waals surface area contributed by atoms with Gasteiger partial charge < -0.3 is 0 Å². The first-order chi connectivity index (χ1) is 11.3. The second kappa shape index (κ2) is 5.64. The summed E-state index contributed by atoms with van der Waals surface area (Å²) in [5, 5.41) is 11.1. The van der Waals surface area contributed by atoms with Gasteiger partial charge in [0.05, 0.1) is 17.0 Å². The molecule has 122 valence electrons. The summed E-state index contributed by atoms with van der Waals surface area (Å²) in [5.41, 5.74) is -0.259. The topological polar surface area (TPSA) is 97.6 Å². The highest BCUT2D eigenvalue weighted by atomic mass is 32.1. The fourth-order valence-electron chi connectivity index (χ4n) is 2.75. The largest absolute Gasteiger partial charge is 0.292 e. The number of amides is 2. The smallest absolute Gasteiger partial charge is 0.282 e. The van der Waals surface area contributed by atoms with E-state index in [1.807, 2.05) is 6.92 Å². The van der Waals surface area contributed by atoms with E-state index in [1.165, 1.54) is 29.5 Å². The molecule has 1 aromatic heterocycles. The van der Waals surface area contributed by atoms with Crippen LogP contribution in [0.4, 0.5) is 5.69 Å². The van der Waals surface area contributed by atoms with E-state index in [0.29, 0.717) is 5.56 Å². The fourth-order valence-corrected chi connectivity index (χ4v) is 3.69. The van der Waals surface area contributed by atoms with Gasteiger partial charge >= 0.3 is 0 Å². The molecule has 1 aliphatic heterocycles. The Morgan fingerprint density at radius 3 is 2.54 bits per heavy atom. The van der Waals surface area contributed by atoms with Gasteiger partial charge in [0, 0.05) is 21.4 Å². The average Bonchev–Trinajstić information content (AvgIpc) is 2.99. The number of rotatable bonds is 4. The highest BCUT2D eigenvalue weighted by Gasteiger charge is 2.41. The highest BCUT2D eigenvalue weighted by molar-refractivity contribution is 7.12. The monoisotopic (exact) mass is 344 g/mol. The van der Waals surface area contributed by atoms with E-state index >= 15 is 0 Å². The molecule has 0 unspecified atom stereocenters. The van der Waals surface area contributed by atoms with E-state index in [4.69, 9.17) is 0 Å². The number of carbonyl (C=O) groups excluding carboxylic acids is 3. The Morgan fingerprint density at radius 1 is 1.25 bits per heavy atom. The lowest BCUT2D eigenvalue weighted by molar-refractivity contribution is -0.385. The van der Waals surface area contributed by atoms with Gasteiger partial charge in [0.15, 0.2) is 5.78 Å². The van der Waals surface area contributed by atoms with Crippen molar-refractivity contribution in [3.8, 4) is 0 Å². The third-order valence-electron chi connectivity index (χ3n) is 3.82. The number of imide groups is 1. The maximum atomic E-state index is 12.4. The second-order valence-electron chi connectivity index (χ2n) is 5.40. The first-order valence-electron chi connectivity index (χ1n) is 7.05. The first-order valence-corrected chi connectivity index (χ1v) is 7.86. The quantitative estimate of drug-likeness (QED) is 0.368. The minimum atomic E-state index is -0.805. The zero-order valence-electron chi connectivity index (χ0n) is 12.9. The van der Waals surface area contributed by atoms with Gasteiger partial charge in [-0.3, -0.25) is 29.4 Å². The van der Waals surface area contributed by atoms with Crippen molar-refractivity contribution in [2.45, 2.75) is 13.8 Å². The summed E-state index contributed by atoms with van der Waals surface area (Å²) in [5.74, 6) is -1.86. The molecule has 0 atom stereocenters. The van der Waals surface area contributed by atoms with Crippen molar-refractivity contribution in [2.24, 2.45) is 0 Å². The molecule has 2 amide bonds. The number of nitro benzene ring substituents is 1. The van der Waals surface area contributed by atoms with Crippen molar-refractivity contribution in [1.29, 1.82) is 0 Å². The van der Waals surface area contributed by atoms with Crippen molar-refractivity contribution in [3.63, 3.8) is 0 Å². The molecule has 1 aliphatic rings. The number of hydrogen-bond acceptors (Lipinski definition) is 6. The molecule has 0 saturated heterocycles. The summed E-state index contributed by atoms with van der Waals surface area (Å²) in [6.07, 6.45) is 0. The Kier molecular flexibility index (Phi) is 3.76. The van der Waals surface area contributed by atoms with Crippen molar-refractivity contribution >= 4 is 34.6 Å². The molecule has 3 rings (SSSR count). The number of fused-ring (bicyclic) bond motifs is 1. The second-order valence-corrected chi connectivity index (χ2v) is 6.86. The molecule has 0 saturated carbocycles. The summed E-state index contributed by atoms with van der Waals surface area (Å²) in [7, 11) is 0. The number of hydrogen-bond donors (Lipinski definition) is 0. The summed E-state index contributed by atoms with van der Waals surface area (Å²) < 4.78 is 0. The summed E-state index contributed by atoms with van der Waals surface area (Å²) in [6.45, 7) is 3.22. The molecule has 0 N–H and O–H groups in total. The number of carbonyl (C=O) groups is 3. The van der Waals surface area contributed by atoms with Crippen LogP contribution in [0.25, 0.3) is 0 Å². The maximum absolute atomic E-state index is 12.4. The molecule has 0 bridgehead atoms. The molecular formula is C16H12N2O5S. The van der Waals surface area contributed by atoms with E-state index in [0.717, 1.165) is 14.7 Å². The molecule has 0 aliphatic carbocycles. The van der Waals surface area contributed by atoms with E-state index in [-0.39, 0.29) is 16.9 Å². The standard InChI is InChI=1S/C16H12N2O5S/c1-8-6-11(9(2)24-8)13(19)7-17-15(20)10-4-3-5-12(18(22)23)14(10)16(17)21/h3-6H,7H2,1-2H3. The lowest BCUT2D eigenvalue weighted by atomic mass is 10.1. The van der Waals surface area contributed by atoms with Crippen LogP contribution in [-0.4, -0.2) is 34.0 Å². The van der Waals surface area contributed by atoms with Crippen molar-refractivity contribution in [3.05, 3.63) is 60.8 Å². The first kappa shape index (κ1) is 16.0. The van der Waals surface area contributed by atoms with Crippen LogP contribution in [0.1, 0.15) is 40.8 Å². The normalized spacial score (nSPS) is 13.3. The number of benzene rings is 1. The molecule has 0 fully saturated rings. The lowest BCUT2D eigenvalue weighted by Gasteiger charge is -2.12. The molecule has 2 aromatic rings. The van der Waals surface area contributed by atoms with E-state index < -0.39 is 29.0 Å². The van der Waals surface area contributed by atoms with Gasteiger partial charge in [-0.2, -0.15) is 0 Å². The number of nitro groups is 1. The van der Waals surface area contributed by atoms with Gasteiger partial charge in [-0.1, -0.05) is 6.07 Å².